The van der Waals surface area contributed by atoms with Gasteiger partial charge in [-0.15, -0.1) is 0 Å². The van der Waals surface area contributed by atoms with Crippen LogP contribution in [0.2, 0.25) is 0 Å². The molecule has 0 fully saturated rings. The van der Waals surface area contributed by atoms with E-state index in [-0.39, 0.29) is 18.7 Å². The number of carbonyl (C=O) groups excluding carboxylic acids is 1. The van der Waals surface area contributed by atoms with Crippen LogP contribution in [0.25, 0.3) is 0 Å². The van der Waals surface area contributed by atoms with Crippen molar-refractivity contribution in [3.8, 4) is 17.6 Å². The maximum absolute atomic E-state index is 13.3. The standard InChI is InChI=1S/C16H13FN2O2/c17-15-8-2-1-7-14(15)16(20)19-10-3-4-11-21-13-6-5-9-18-12-13/h1-2,5-9,12H,10-11H2,(H,19,20). The first-order valence-electron chi connectivity index (χ1n) is 6.28. The molecule has 0 saturated heterocycles. The molecule has 0 spiro atoms. The highest BCUT2D eigenvalue weighted by Crippen LogP contribution is 2.06. The number of amides is 1. The Labute approximate surface area is 122 Å². The molecular weight excluding hydrogens is 271 g/mol. The van der Waals surface area contributed by atoms with Gasteiger partial charge in [0.05, 0.1) is 18.3 Å². The van der Waals surface area contributed by atoms with Crippen molar-refractivity contribution in [2.24, 2.45) is 0 Å². The van der Waals surface area contributed by atoms with Crippen molar-refractivity contribution in [3.63, 3.8) is 0 Å². The van der Waals surface area contributed by atoms with Crippen LogP contribution in [0.15, 0.2) is 48.8 Å². The van der Waals surface area contributed by atoms with E-state index in [0.29, 0.717) is 5.75 Å². The molecule has 0 unspecified atom stereocenters. The quantitative estimate of drug-likeness (QED) is 0.874. The number of halogens is 1. The molecule has 1 amide bonds. The van der Waals surface area contributed by atoms with Gasteiger partial charge in [-0.25, -0.2) is 4.39 Å². The second kappa shape index (κ2) is 7.65. The van der Waals surface area contributed by atoms with Gasteiger partial charge in [0.1, 0.15) is 18.2 Å². The lowest BCUT2D eigenvalue weighted by Crippen LogP contribution is -2.24. The van der Waals surface area contributed by atoms with Gasteiger partial charge in [0.25, 0.3) is 5.91 Å². The van der Waals surface area contributed by atoms with Gasteiger partial charge in [0.2, 0.25) is 0 Å². The third kappa shape index (κ3) is 4.62. The maximum Gasteiger partial charge on any atom is 0.255 e. The fraction of sp³-hybridized carbons (Fsp3) is 0.125. The highest BCUT2D eigenvalue weighted by atomic mass is 19.1. The molecule has 0 atom stereocenters. The number of pyridine rings is 1. The number of aromatic nitrogens is 1. The monoisotopic (exact) mass is 284 g/mol. The van der Waals surface area contributed by atoms with Gasteiger partial charge in [-0.3, -0.25) is 9.78 Å². The van der Waals surface area contributed by atoms with Gasteiger partial charge >= 0.3 is 0 Å². The smallest absolute Gasteiger partial charge is 0.255 e. The summed E-state index contributed by atoms with van der Waals surface area (Å²) in [6.45, 7) is 0.324. The van der Waals surface area contributed by atoms with Crippen molar-refractivity contribution in [2.75, 3.05) is 13.2 Å². The molecular formula is C16H13FN2O2. The fourth-order valence-corrected chi connectivity index (χ4v) is 1.53. The molecule has 0 aliphatic heterocycles. The number of hydrogen-bond acceptors (Lipinski definition) is 3. The Morgan fingerprint density at radius 2 is 2.10 bits per heavy atom. The van der Waals surface area contributed by atoms with Crippen LogP contribution in [0, 0.1) is 17.7 Å². The third-order valence-electron chi connectivity index (χ3n) is 2.53. The van der Waals surface area contributed by atoms with E-state index in [1.54, 1.807) is 30.6 Å². The largest absolute Gasteiger partial charge is 0.479 e. The van der Waals surface area contributed by atoms with Gasteiger partial charge in [0, 0.05) is 6.20 Å². The zero-order valence-electron chi connectivity index (χ0n) is 11.2. The number of hydrogen-bond donors (Lipinski definition) is 1. The molecule has 0 aliphatic rings. The minimum Gasteiger partial charge on any atom is -0.479 e. The molecule has 2 aromatic rings. The number of carbonyl (C=O) groups is 1. The van der Waals surface area contributed by atoms with Crippen molar-refractivity contribution in [1.82, 2.24) is 10.3 Å². The van der Waals surface area contributed by atoms with E-state index in [4.69, 9.17) is 4.74 Å². The Hall–Kier alpha value is -2.87. The second-order valence-electron chi connectivity index (χ2n) is 3.99. The summed E-state index contributed by atoms with van der Waals surface area (Å²) in [5.74, 6) is 5.06. The van der Waals surface area contributed by atoms with E-state index < -0.39 is 11.7 Å². The molecule has 0 radical (unpaired) electrons. The Balaban J connectivity index is 1.74. The summed E-state index contributed by atoms with van der Waals surface area (Å²) >= 11 is 0. The maximum atomic E-state index is 13.3. The molecule has 1 aromatic carbocycles. The van der Waals surface area contributed by atoms with Gasteiger partial charge in [0.15, 0.2) is 0 Å². The van der Waals surface area contributed by atoms with E-state index in [9.17, 15) is 9.18 Å². The first kappa shape index (κ1) is 14.5. The summed E-state index contributed by atoms with van der Waals surface area (Å²) in [4.78, 5) is 15.6. The highest BCUT2D eigenvalue weighted by molar-refractivity contribution is 5.94. The Kier molecular flexibility index (Phi) is 5.30. The average molecular weight is 284 g/mol. The fourth-order valence-electron chi connectivity index (χ4n) is 1.53. The van der Waals surface area contributed by atoms with E-state index in [1.165, 1.54) is 18.2 Å². The topological polar surface area (TPSA) is 51.2 Å². The number of nitrogens with one attached hydrogen (secondary N) is 1. The number of ether oxygens (including phenoxy) is 1. The SMILES string of the molecule is O=C(NCC#CCOc1cccnc1)c1ccccc1F. The highest BCUT2D eigenvalue weighted by Gasteiger charge is 2.08. The first-order chi connectivity index (χ1) is 10.3. The summed E-state index contributed by atoms with van der Waals surface area (Å²) in [6.07, 6.45) is 3.23. The van der Waals surface area contributed by atoms with Crippen LogP contribution < -0.4 is 10.1 Å². The zero-order chi connectivity index (χ0) is 14.9. The summed E-state index contributed by atoms with van der Waals surface area (Å²) in [7, 11) is 0. The van der Waals surface area contributed by atoms with E-state index >= 15 is 0 Å². The first-order valence-corrected chi connectivity index (χ1v) is 6.28. The molecule has 0 aliphatic carbocycles. The summed E-state index contributed by atoms with van der Waals surface area (Å²) < 4.78 is 18.6. The van der Waals surface area contributed by atoms with Crippen molar-refractivity contribution < 1.29 is 13.9 Å². The molecule has 4 nitrogen and oxygen atoms in total. The molecule has 0 bridgehead atoms. The molecule has 2 rings (SSSR count). The van der Waals surface area contributed by atoms with Crippen molar-refractivity contribution >= 4 is 5.91 Å². The van der Waals surface area contributed by atoms with Crippen LogP contribution in [-0.2, 0) is 0 Å². The van der Waals surface area contributed by atoms with Crippen molar-refractivity contribution in [3.05, 3.63) is 60.2 Å². The second-order valence-corrected chi connectivity index (χ2v) is 3.99. The lowest BCUT2D eigenvalue weighted by atomic mass is 10.2. The average Bonchev–Trinajstić information content (AvgIpc) is 2.52. The van der Waals surface area contributed by atoms with Gasteiger partial charge in [-0.2, -0.15) is 0 Å². The molecule has 1 heterocycles. The summed E-state index contributed by atoms with van der Waals surface area (Å²) in [5.41, 5.74) is 0.00547. The van der Waals surface area contributed by atoms with Gasteiger partial charge in [-0.1, -0.05) is 24.0 Å². The predicted molar refractivity (Wildman–Crippen MR) is 76.2 cm³/mol. The lowest BCUT2D eigenvalue weighted by molar-refractivity contribution is 0.0954. The predicted octanol–water partition coefficient (Wildman–Crippen LogP) is 2.03. The Morgan fingerprint density at radius 1 is 1.24 bits per heavy atom. The van der Waals surface area contributed by atoms with Crippen LogP contribution in [0.4, 0.5) is 4.39 Å². The lowest BCUT2D eigenvalue weighted by Gasteiger charge is -2.02. The van der Waals surface area contributed by atoms with Crippen LogP contribution in [0.5, 0.6) is 5.75 Å². The number of rotatable bonds is 4. The molecule has 0 saturated carbocycles. The minimum atomic E-state index is -0.553. The van der Waals surface area contributed by atoms with E-state index in [1.807, 2.05) is 0 Å². The van der Waals surface area contributed by atoms with Gasteiger partial charge in [-0.05, 0) is 24.3 Å². The number of benzene rings is 1. The number of nitrogens with zero attached hydrogens (tertiary/aromatic N) is 1. The van der Waals surface area contributed by atoms with Crippen LogP contribution in [0.1, 0.15) is 10.4 Å². The van der Waals surface area contributed by atoms with E-state index in [2.05, 4.69) is 22.1 Å². The van der Waals surface area contributed by atoms with Crippen LogP contribution >= 0.6 is 0 Å². The molecule has 1 aromatic heterocycles. The molecule has 21 heavy (non-hydrogen) atoms. The summed E-state index contributed by atoms with van der Waals surface area (Å²) in [5, 5.41) is 2.52. The van der Waals surface area contributed by atoms with Crippen molar-refractivity contribution in [1.29, 1.82) is 0 Å². The third-order valence-corrected chi connectivity index (χ3v) is 2.53. The minimum absolute atomic E-state index is 0.00547. The molecule has 106 valence electrons. The Morgan fingerprint density at radius 3 is 2.86 bits per heavy atom. The van der Waals surface area contributed by atoms with E-state index in [0.717, 1.165) is 0 Å². The van der Waals surface area contributed by atoms with Crippen molar-refractivity contribution in [2.45, 2.75) is 0 Å². The van der Waals surface area contributed by atoms with Crippen LogP contribution in [0.3, 0.4) is 0 Å². The molecule has 1 N–H and O–H groups in total. The molecule has 5 heteroatoms. The zero-order valence-corrected chi connectivity index (χ0v) is 11.2. The van der Waals surface area contributed by atoms with Crippen LogP contribution in [-0.4, -0.2) is 24.0 Å². The summed E-state index contributed by atoms with van der Waals surface area (Å²) in [6, 6.07) is 9.32. The van der Waals surface area contributed by atoms with Gasteiger partial charge < -0.3 is 10.1 Å². The normalized spacial score (nSPS) is 9.38. The Bertz CT molecular complexity index is 663.